The third kappa shape index (κ3) is 2.31. The molecule has 0 spiro atoms. The molecule has 1 heterocycles. The van der Waals surface area contributed by atoms with Gasteiger partial charge in [-0.05, 0) is 23.5 Å². The molecule has 0 bridgehead atoms. The second-order valence-corrected chi connectivity index (χ2v) is 5.09. The van der Waals surface area contributed by atoms with Crippen molar-refractivity contribution < 1.29 is 10.0 Å². The van der Waals surface area contributed by atoms with E-state index in [-0.39, 0.29) is 10.8 Å². The molecule has 16 heavy (non-hydrogen) atoms. The van der Waals surface area contributed by atoms with Gasteiger partial charge in [0.05, 0.1) is 9.82 Å². The summed E-state index contributed by atoms with van der Waals surface area (Å²) in [6, 6.07) is 6.78. The lowest BCUT2D eigenvalue weighted by Crippen LogP contribution is -1.80. The second kappa shape index (κ2) is 4.50. The van der Waals surface area contributed by atoms with E-state index in [4.69, 9.17) is 0 Å². The fraction of sp³-hybridized carbons (Fsp3) is 0. The zero-order valence-electron chi connectivity index (χ0n) is 7.86. The van der Waals surface area contributed by atoms with Crippen LogP contribution >= 0.6 is 23.1 Å². The van der Waals surface area contributed by atoms with E-state index in [2.05, 4.69) is 4.98 Å². The Labute approximate surface area is 98.9 Å². The van der Waals surface area contributed by atoms with Gasteiger partial charge in [0.2, 0.25) is 0 Å². The Hall–Kier alpha value is -1.60. The third-order valence-corrected chi connectivity index (χ3v) is 3.80. The Kier molecular flexibility index (Phi) is 3.07. The van der Waals surface area contributed by atoms with Crippen LogP contribution in [0.15, 0.2) is 39.7 Å². The Morgan fingerprint density at radius 1 is 1.44 bits per heavy atom. The second-order valence-electron chi connectivity index (χ2n) is 2.79. The highest BCUT2D eigenvalue weighted by atomic mass is 32.2. The van der Waals surface area contributed by atoms with Gasteiger partial charge in [-0.1, -0.05) is 23.9 Å². The number of aromatic hydroxyl groups is 1. The van der Waals surface area contributed by atoms with Gasteiger partial charge in [-0.2, -0.15) is 0 Å². The number of phenols is 1. The molecule has 0 fully saturated rings. The average Bonchev–Trinajstić information content (AvgIpc) is 2.70. The van der Waals surface area contributed by atoms with Crippen molar-refractivity contribution in [3.63, 3.8) is 0 Å². The van der Waals surface area contributed by atoms with E-state index in [1.165, 1.54) is 18.0 Å². The monoisotopic (exact) mass is 254 g/mol. The number of benzene rings is 1. The van der Waals surface area contributed by atoms with Crippen LogP contribution in [-0.2, 0) is 0 Å². The normalized spacial score (nSPS) is 10.2. The van der Waals surface area contributed by atoms with Crippen LogP contribution in [0.5, 0.6) is 5.75 Å². The minimum absolute atomic E-state index is 0.00193. The van der Waals surface area contributed by atoms with Crippen molar-refractivity contribution in [3.8, 4) is 5.75 Å². The molecule has 0 aliphatic carbocycles. The maximum Gasteiger partial charge on any atom is 0.344 e. The summed E-state index contributed by atoms with van der Waals surface area (Å²) in [6.45, 7) is 0. The summed E-state index contributed by atoms with van der Waals surface area (Å²) in [4.78, 5) is 14.5. The summed E-state index contributed by atoms with van der Waals surface area (Å²) >= 11 is 2.19. The Morgan fingerprint density at radius 3 is 2.81 bits per heavy atom. The molecule has 2 aromatic rings. The van der Waals surface area contributed by atoms with E-state index >= 15 is 0 Å². The molecule has 1 aromatic carbocycles. The quantitative estimate of drug-likeness (QED) is 0.673. The topological polar surface area (TPSA) is 76.3 Å². The Bertz CT molecular complexity index is 527. The molecule has 0 radical (unpaired) electrons. The average molecular weight is 254 g/mol. The molecule has 0 aliphatic rings. The highest BCUT2D eigenvalue weighted by Gasteiger charge is 2.13. The van der Waals surface area contributed by atoms with Gasteiger partial charge in [0.25, 0.3) is 0 Å². The van der Waals surface area contributed by atoms with Crippen LogP contribution < -0.4 is 0 Å². The van der Waals surface area contributed by atoms with Gasteiger partial charge in [-0.3, -0.25) is 10.1 Å². The number of nitrogens with zero attached hydrogens (tertiary/aromatic N) is 2. The highest BCUT2D eigenvalue weighted by molar-refractivity contribution is 8.01. The molecule has 82 valence electrons. The zero-order chi connectivity index (χ0) is 11.5. The molecule has 0 aliphatic heterocycles. The third-order valence-electron chi connectivity index (χ3n) is 1.71. The molecule has 0 unspecified atom stereocenters. The first-order valence-corrected chi connectivity index (χ1v) is 5.86. The fourth-order valence-electron chi connectivity index (χ4n) is 1.02. The summed E-state index contributed by atoms with van der Waals surface area (Å²) in [6.07, 6.45) is 1.22. The van der Waals surface area contributed by atoms with Crippen molar-refractivity contribution in [2.45, 2.75) is 9.24 Å². The molecule has 0 saturated carbocycles. The number of para-hydroxylation sites is 1. The lowest BCUT2D eigenvalue weighted by molar-refractivity contribution is -0.380. The number of rotatable bonds is 3. The van der Waals surface area contributed by atoms with E-state index < -0.39 is 4.92 Å². The van der Waals surface area contributed by atoms with Gasteiger partial charge in [-0.25, -0.2) is 4.98 Å². The van der Waals surface area contributed by atoms with Crippen molar-refractivity contribution in [2.24, 2.45) is 0 Å². The van der Waals surface area contributed by atoms with Crippen LogP contribution in [0.25, 0.3) is 0 Å². The lowest BCUT2D eigenvalue weighted by atomic mass is 10.3. The Balaban J connectivity index is 2.21. The van der Waals surface area contributed by atoms with Crippen LogP contribution in [0.3, 0.4) is 0 Å². The summed E-state index contributed by atoms with van der Waals surface area (Å²) in [7, 11) is 0. The van der Waals surface area contributed by atoms with Crippen LogP contribution in [0.1, 0.15) is 0 Å². The van der Waals surface area contributed by atoms with Gasteiger partial charge in [0.1, 0.15) is 11.9 Å². The number of nitro groups is 1. The van der Waals surface area contributed by atoms with E-state index in [1.54, 1.807) is 24.3 Å². The SMILES string of the molecule is O=[N+]([O-])c1cnc(Sc2ccccc2O)s1. The maximum atomic E-state index is 10.5. The first kappa shape index (κ1) is 10.9. The molecule has 0 saturated heterocycles. The zero-order valence-corrected chi connectivity index (χ0v) is 9.49. The maximum absolute atomic E-state index is 10.5. The van der Waals surface area contributed by atoms with E-state index in [1.807, 2.05) is 0 Å². The number of hydrogen-bond donors (Lipinski definition) is 1. The molecule has 5 nitrogen and oxygen atoms in total. The molecule has 1 aromatic heterocycles. The van der Waals surface area contributed by atoms with Crippen LogP contribution in [0.4, 0.5) is 5.00 Å². The minimum atomic E-state index is -0.480. The first-order valence-electron chi connectivity index (χ1n) is 4.23. The van der Waals surface area contributed by atoms with Crippen molar-refractivity contribution >= 4 is 28.1 Å². The van der Waals surface area contributed by atoms with Gasteiger partial charge < -0.3 is 5.11 Å². The van der Waals surface area contributed by atoms with Crippen molar-refractivity contribution in [2.75, 3.05) is 0 Å². The predicted molar refractivity (Wildman–Crippen MR) is 61.0 cm³/mol. The molecule has 0 amide bonds. The standard InChI is InChI=1S/C9H6N2O3S2/c12-6-3-1-2-4-7(6)15-9-10-5-8(16-9)11(13)14/h1-5,12H. The summed E-state index contributed by atoms with van der Waals surface area (Å²) in [5, 5.41) is 20.0. The van der Waals surface area contributed by atoms with Gasteiger partial charge in [0.15, 0.2) is 4.34 Å². The van der Waals surface area contributed by atoms with Crippen molar-refractivity contribution in [1.82, 2.24) is 4.98 Å². The first-order chi connectivity index (χ1) is 7.66. The van der Waals surface area contributed by atoms with Crippen LogP contribution in [-0.4, -0.2) is 15.0 Å². The minimum Gasteiger partial charge on any atom is -0.507 e. The van der Waals surface area contributed by atoms with Crippen LogP contribution in [0, 0.1) is 10.1 Å². The number of phenolic OH excluding ortho intramolecular Hbond substituents is 1. The van der Waals surface area contributed by atoms with Crippen molar-refractivity contribution in [3.05, 3.63) is 40.6 Å². The van der Waals surface area contributed by atoms with E-state index in [9.17, 15) is 15.2 Å². The summed E-state index contributed by atoms with van der Waals surface area (Å²) in [5.41, 5.74) is 0. The van der Waals surface area contributed by atoms with Gasteiger partial charge in [0, 0.05) is 0 Å². The van der Waals surface area contributed by atoms with Crippen LogP contribution in [0.2, 0.25) is 0 Å². The largest absolute Gasteiger partial charge is 0.507 e. The van der Waals surface area contributed by atoms with E-state index in [0.29, 0.717) is 9.24 Å². The number of aromatic nitrogens is 1. The summed E-state index contributed by atoms with van der Waals surface area (Å²) < 4.78 is 0.535. The molecule has 2 rings (SSSR count). The molecule has 7 heteroatoms. The smallest absolute Gasteiger partial charge is 0.344 e. The van der Waals surface area contributed by atoms with Gasteiger partial charge >= 0.3 is 5.00 Å². The number of hydrogen-bond acceptors (Lipinski definition) is 6. The fourth-order valence-corrected chi connectivity index (χ4v) is 2.79. The van der Waals surface area contributed by atoms with Gasteiger partial charge in [-0.15, -0.1) is 0 Å². The molecule has 1 N–H and O–H groups in total. The predicted octanol–water partition coefficient (Wildman–Crippen LogP) is 2.91. The molecule has 0 atom stereocenters. The van der Waals surface area contributed by atoms with Crippen molar-refractivity contribution in [1.29, 1.82) is 0 Å². The number of thiazole rings is 1. The highest BCUT2D eigenvalue weighted by Crippen LogP contribution is 2.37. The molecular weight excluding hydrogens is 248 g/mol. The summed E-state index contributed by atoms with van der Waals surface area (Å²) in [5.74, 6) is 0.144. The Morgan fingerprint density at radius 2 is 2.19 bits per heavy atom. The molecular formula is C9H6N2O3S2. The van der Waals surface area contributed by atoms with E-state index in [0.717, 1.165) is 11.3 Å². The lowest BCUT2D eigenvalue weighted by Gasteiger charge is -1.99.